The Morgan fingerprint density at radius 1 is 1.09 bits per heavy atom. The van der Waals surface area contributed by atoms with Crippen molar-refractivity contribution in [2.45, 2.75) is 0 Å². The quantitative estimate of drug-likeness (QED) is 0.565. The van der Waals surface area contributed by atoms with E-state index in [4.69, 9.17) is 0 Å². The molecule has 0 aliphatic rings. The zero-order chi connectivity index (χ0) is 16.2. The van der Waals surface area contributed by atoms with Crippen LogP contribution in [0.3, 0.4) is 0 Å². The number of nitrogens with zero attached hydrogens (tertiary/aromatic N) is 3. The van der Waals surface area contributed by atoms with Crippen LogP contribution in [0.1, 0.15) is 0 Å². The molecule has 0 aliphatic carbocycles. The van der Waals surface area contributed by atoms with Gasteiger partial charge in [0.1, 0.15) is 5.75 Å². The molecule has 0 saturated carbocycles. The van der Waals surface area contributed by atoms with E-state index in [1.807, 2.05) is 0 Å². The van der Waals surface area contributed by atoms with Crippen molar-refractivity contribution < 1.29 is 10.0 Å². The summed E-state index contributed by atoms with van der Waals surface area (Å²) < 4.78 is 0. The van der Waals surface area contributed by atoms with Gasteiger partial charge in [-0.25, -0.2) is 9.97 Å². The zero-order valence-corrected chi connectivity index (χ0v) is 11.9. The van der Waals surface area contributed by atoms with Gasteiger partial charge >= 0.3 is 0 Å². The molecular formula is C16H12N4O3. The van der Waals surface area contributed by atoms with Crippen molar-refractivity contribution in [3.05, 3.63) is 70.9 Å². The van der Waals surface area contributed by atoms with Gasteiger partial charge in [-0.05, 0) is 18.2 Å². The number of rotatable bonds is 4. The van der Waals surface area contributed by atoms with E-state index in [2.05, 4.69) is 15.3 Å². The van der Waals surface area contributed by atoms with Gasteiger partial charge in [0.15, 0.2) is 0 Å². The van der Waals surface area contributed by atoms with Crippen LogP contribution in [0.2, 0.25) is 0 Å². The maximum Gasteiger partial charge on any atom is 0.270 e. The molecular weight excluding hydrogens is 296 g/mol. The van der Waals surface area contributed by atoms with Crippen LogP contribution in [0.25, 0.3) is 11.3 Å². The maximum atomic E-state index is 10.9. The number of aromatic hydroxyl groups is 1. The summed E-state index contributed by atoms with van der Waals surface area (Å²) in [7, 11) is 0. The summed E-state index contributed by atoms with van der Waals surface area (Å²) in [4.78, 5) is 18.9. The molecule has 7 nitrogen and oxygen atoms in total. The highest BCUT2D eigenvalue weighted by Gasteiger charge is 2.09. The van der Waals surface area contributed by atoms with Gasteiger partial charge in [0.25, 0.3) is 5.69 Å². The Hall–Kier alpha value is -3.48. The smallest absolute Gasteiger partial charge is 0.270 e. The van der Waals surface area contributed by atoms with Gasteiger partial charge in [0.05, 0.1) is 10.6 Å². The standard InChI is InChI=1S/C16H12N4O3/c21-14-6-2-4-12(10-14)18-16-17-8-7-15(19-16)11-3-1-5-13(9-11)20(22)23/h1-10,21H,(H,17,18,19). The normalized spacial score (nSPS) is 10.3. The second-order valence-corrected chi connectivity index (χ2v) is 4.75. The average Bonchev–Trinajstić information content (AvgIpc) is 2.55. The molecule has 114 valence electrons. The largest absolute Gasteiger partial charge is 0.508 e. The number of phenols is 1. The summed E-state index contributed by atoms with van der Waals surface area (Å²) in [5.74, 6) is 0.462. The van der Waals surface area contributed by atoms with E-state index in [0.717, 1.165) is 0 Å². The fourth-order valence-corrected chi connectivity index (χ4v) is 2.07. The van der Waals surface area contributed by atoms with E-state index in [1.165, 1.54) is 12.1 Å². The molecule has 0 radical (unpaired) electrons. The van der Waals surface area contributed by atoms with Crippen molar-refractivity contribution >= 4 is 17.3 Å². The van der Waals surface area contributed by atoms with Gasteiger partial charge in [-0.15, -0.1) is 0 Å². The zero-order valence-electron chi connectivity index (χ0n) is 11.9. The van der Waals surface area contributed by atoms with Crippen LogP contribution in [-0.2, 0) is 0 Å². The molecule has 0 atom stereocenters. The first-order chi connectivity index (χ1) is 11.1. The molecule has 3 aromatic rings. The fourth-order valence-electron chi connectivity index (χ4n) is 2.07. The summed E-state index contributed by atoms with van der Waals surface area (Å²) in [5.41, 5.74) is 1.83. The average molecular weight is 308 g/mol. The van der Waals surface area contributed by atoms with Crippen molar-refractivity contribution in [3.63, 3.8) is 0 Å². The monoisotopic (exact) mass is 308 g/mol. The summed E-state index contributed by atoms with van der Waals surface area (Å²) in [6, 6.07) is 14.5. The van der Waals surface area contributed by atoms with Crippen molar-refractivity contribution in [1.82, 2.24) is 9.97 Å². The predicted molar refractivity (Wildman–Crippen MR) is 85.5 cm³/mol. The first kappa shape index (κ1) is 14.5. The lowest BCUT2D eigenvalue weighted by Crippen LogP contribution is -1.98. The van der Waals surface area contributed by atoms with Crippen molar-refractivity contribution in [2.75, 3.05) is 5.32 Å². The van der Waals surface area contributed by atoms with Crippen molar-refractivity contribution in [3.8, 4) is 17.0 Å². The molecule has 0 bridgehead atoms. The SMILES string of the molecule is O=[N+]([O-])c1cccc(-c2ccnc(Nc3cccc(O)c3)n2)c1. The highest BCUT2D eigenvalue weighted by molar-refractivity contribution is 5.64. The second-order valence-electron chi connectivity index (χ2n) is 4.75. The minimum Gasteiger partial charge on any atom is -0.508 e. The van der Waals surface area contributed by atoms with Crippen molar-refractivity contribution in [1.29, 1.82) is 0 Å². The highest BCUT2D eigenvalue weighted by atomic mass is 16.6. The number of anilines is 2. The van der Waals surface area contributed by atoms with Crippen LogP contribution >= 0.6 is 0 Å². The topological polar surface area (TPSA) is 101 Å². The first-order valence-corrected chi connectivity index (χ1v) is 6.76. The molecule has 0 fully saturated rings. The number of nitrogens with one attached hydrogen (secondary N) is 1. The molecule has 0 spiro atoms. The van der Waals surface area contributed by atoms with Crippen LogP contribution in [-0.4, -0.2) is 20.0 Å². The highest BCUT2D eigenvalue weighted by Crippen LogP contribution is 2.24. The summed E-state index contributed by atoms with van der Waals surface area (Å²) in [5, 5.41) is 23.3. The lowest BCUT2D eigenvalue weighted by molar-refractivity contribution is -0.384. The lowest BCUT2D eigenvalue weighted by Gasteiger charge is -2.07. The Bertz CT molecular complexity index is 867. The Balaban J connectivity index is 1.91. The molecule has 0 unspecified atom stereocenters. The molecule has 0 saturated heterocycles. The number of nitro benzene ring substituents is 1. The lowest BCUT2D eigenvalue weighted by atomic mass is 10.1. The number of nitro groups is 1. The van der Waals surface area contributed by atoms with Gasteiger partial charge in [-0.1, -0.05) is 18.2 Å². The van der Waals surface area contributed by atoms with Gasteiger partial charge in [0, 0.05) is 35.6 Å². The molecule has 0 amide bonds. The minimum absolute atomic E-state index is 0.00334. The molecule has 3 rings (SSSR count). The van der Waals surface area contributed by atoms with Gasteiger partial charge in [-0.2, -0.15) is 0 Å². The van der Waals surface area contributed by atoms with Crippen molar-refractivity contribution in [2.24, 2.45) is 0 Å². The second kappa shape index (κ2) is 6.10. The maximum absolute atomic E-state index is 10.9. The van der Waals surface area contributed by atoms with Gasteiger partial charge in [-0.3, -0.25) is 10.1 Å². The number of aromatic nitrogens is 2. The Kier molecular flexibility index (Phi) is 3.84. The summed E-state index contributed by atoms with van der Waals surface area (Å²) in [6.45, 7) is 0. The third-order valence-corrected chi connectivity index (χ3v) is 3.11. The van der Waals surface area contributed by atoms with E-state index < -0.39 is 4.92 Å². The van der Waals surface area contributed by atoms with Gasteiger partial charge < -0.3 is 10.4 Å². The summed E-state index contributed by atoms with van der Waals surface area (Å²) >= 11 is 0. The van der Waals surface area contributed by atoms with E-state index in [9.17, 15) is 15.2 Å². The molecule has 2 aromatic carbocycles. The van der Waals surface area contributed by atoms with Crippen LogP contribution in [0.15, 0.2) is 60.8 Å². The Labute approximate surface area is 131 Å². The van der Waals surface area contributed by atoms with Crippen LogP contribution in [0.4, 0.5) is 17.3 Å². The number of phenolic OH excluding ortho intramolecular Hbond substituents is 1. The van der Waals surface area contributed by atoms with E-state index in [-0.39, 0.29) is 11.4 Å². The van der Waals surface area contributed by atoms with Crippen LogP contribution in [0, 0.1) is 10.1 Å². The third-order valence-electron chi connectivity index (χ3n) is 3.11. The van der Waals surface area contributed by atoms with E-state index in [0.29, 0.717) is 22.9 Å². The molecule has 23 heavy (non-hydrogen) atoms. The minimum atomic E-state index is -0.448. The molecule has 1 aromatic heterocycles. The summed E-state index contributed by atoms with van der Waals surface area (Å²) in [6.07, 6.45) is 1.56. The number of hydrogen-bond donors (Lipinski definition) is 2. The molecule has 7 heteroatoms. The predicted octanol–water partition coefficient (Wildman–Crippen LogP) is 3.50. The first-order valence-electron chi connectivity index (χ1n) is 6.76. The number of non-ortho nitro benzene ring substituents is 1. The molecule has 2 N–H and O–H groups in total. The van der Waals surface area contributed by atoms with Crippen LogP contribution in [0.5, 0.6) is 5.75 Å². The van der Waals surface area contributed by atoms with E-state index in [1.54, 1.807) is 48.7 Å². The molecule has 0 aliphatic heterocycles. The van der Waals surface area contributed by atoms with E-state index >= 15 is 0 Å². The van der Waals surface area contributed by atoms with Gasteiger partial charge in [0.2, 0.25) is 5.95 Å². The third kappa shape index (κ3) is 3.41. The number of hydrogen-bond acceptors (Lipinski definition) is 6. The van der Waals surface area contributed by atoms with Crippen LogP contribution < -0.4 is 5.32 Å². The fraction of sp³-hybridized carbons (Fsp3) is 0. The Morgan fingerprint density at radius 3 is 2.70 bits per heavy atom. The number of benzene rings is 2. The Morgan fingerprint density at radius 2 is 1.91 bits per heavy atom. The molecule has 1 heterocycles.